The van der Waals surface area contributed by atoms with Crippen molar-refractivity contribution in [3.63, 3.8) is 0 Å². The molecule has 1 saturated carbocycles. The van der Waals surface area contributed by atoms with Crippen LogP contribution in [0.15, 0.2) is 0 Å². The standard InChI is InChI=1S/C12H26N2O2S/c1-2-10-17(15,16)11-9-14(8-7-13)12-5-3-4-6-12/h12H,2-11,13H2,1H3. The molecule has 4 nitrogen and oxygen atoms in total. The van der Waals surface area contributed by atoms with Crippen molar-refractivity contribution in [3.05, 3.63) is 0 Å². The fraction of sp³-hybridized carbons (Fsp3) is 1.00. The molecule has 0 aromatic rings. The molecule has 0 amide bonds. The molecule has 0 heterocycles. The van der Waals surface area contributed by atoms with Gasteiger partial charge in [0.25, 0.3) is 0 Å². The maximum Gasteiger partial charge on any atom is 0.151 e. The molecule has 0 aromatic carbocycles. The van der Waals surface area contributed by atoms with Gasteiger partial charge in [-0.3, -0.25) is 4.90 Å². The van der Waals surface area contributed by atoms with E-state index < -0.39 is 9.84 Å². The molecule has 0 atom stereocenters. The Morgan fingerprint density at radius 3 is 2.35 bits per heavy atom. The van der Waals surface area contributed by atoms with E-state index in [-0.39, 0.29) is 5.75 Å². The minimum absolute atomic E-state index is 0.289. The van der Waals surface area contributed by atoms with Crippen LogP contribution in [0.2, 0.25) is 0 Å². The monoisotopic (exact) mass is 262 g/mol. The first-order chi connectivity index (χ1) is 8.09. The van der Waals surface area contributed by atoms with Gasteiger partial charge in [-0.2, -0.15) is 0 Å². The van der Waals surface area contributed by atoms with Gasteiger partial charge in [-0.1, -0.05) is 19.8 Å². The van der Waals surface area contributed by atoms with Crippen LogP contribution in [0.4, 0.5) is 0 Å². The molecule has 0 saturated heterocycles. The fourth-order valence-electron chi connectivity index (χ4n) is 2.58. The van der Waals surface area contributed by atoms with Crippen molar-refractivity contribution in [2.24, 2.45) is 5.73 Å². The summed E-state index contributed by atoms with van der Waals surface area (Å²) in [4.78, 5) is 2.28. The van der Waals surface area contributed by atoms with Gasteiger partial charge in [0.2, 0.25) is 0 Å². The largest absolute Gasteiger partial charge is 0.329 e. The van der Waals surface area contributed by atoms with E-state index >= 15 is 0 Å². The molecule has 2 N–H and O–H groups in total. The summed E-state index contributed by atoms with van der Waals surface area (Å²) in [6, 6.07) is 0.565. The lowest BCUT2D eigenvalue weighted by molar-refractivity contribution is 0.216. The van der Waals surface area contributed by atoms with Crippen LogP contribution in [0, 0.1) is 0 Å². The third-order valence-corrected chi connectivity index (χ3v) is 5.30. The summed E-state index contributed by atoms with van der Waals surface area (Å²) in [5, 5.41) is 0. The summed E-state index contributed by atoms with van der Waals surface area (Å²) in [6.45, 7) is 4.01. The van der Waals surface area contributed by atoms with Crippen molar-refractivity contribution in [3.8, 4) is 0 Å². The Kier molecular flexibility index (Phi) is 6.44. The van der Waals surface area contributed by atoms with Crippen LogP contribution in [0.3, 0.4) is 0 Å². The minimum atomic E-state index is -2.86. The molecular weight excluding hydrogens is 236 g/mol. The Labute approximate surface area is 105 Å². The van der Waals surface area contributed by atoms with Gasteiger partial charge in [0.1, 0.15) is 0 Å². The molecule has 17 heavy (non-hydrogen) atoms. The van der Waals surface area contributed by atoms with E-state index in [1.165, 1.54) is 25.7 Å². The molecule has 1 aliphatic carbocycles. The summed E-state index contributed by atoms with van der Waals surface area (Å²) < 4.78 is 23.4. The lowest BCUT2D eigenvalue weighted by Gasteiger charge is -2.28. The predicted octanol–water partition coefficient (Wildman–Crippen LogP) is 1.01. The van der Waals surface area contributed by atoms with E-state index in [4.69, 9.17) is 5.73 Å². The van der Waals surface area contributed by atoms with Crippen LogP contribution in [0.5, 0.6) is 0 Å². The summed E-state index contributed by atoms with van der Waals surface area (Å²) in [6.07, 6.45) is 5.66. The van der Waals surface area contributed by atoms with E-state index in [9.17, 15) is 8.42 Å². The maximum absolute atomic E-state index is 11.7. The zero-order valence-electron chi connectivity index (χ0n) is 10.9. The van der Waals surface area contributed by atoms with Crippen LogP contribution in [0.25, 0.3) is 0 Å². The number of rotatable bonds is 8. The first-order valence-electron chi connectivity index (χ1n) is 6.73. The zero-order chi connectivity index (χ0) is 12.7. The Balaban J connectivity index is 2.43. The molecule has 0 spiro atoms. The molecule has 1 fully saturated rings. The first kappa shape index (κ1) is 14.9. The van der Waals surface area contributed by atoms with Gasteiger partial charge >= 0.3 is 0 Å². The van der Waals surface area contributed by atoms with Gasteiger partial charge in [0.05, 0.1) is 5.75 Å². The zero-order valence-corrected chi connectivity index (χ0v) is 11.7. The highest BCUT2D eigenvalue weighted by Gasteiger charge is 2.23. The lowest BCUT2D eigenvalue weighted by Crippen LogP contribution is -2.40. The van der Waals surface area contributed by atoms with Crippen molar-refractivity contribution in [2.45, 2.75) is 45.1 Å². The van der Waals surface area contributed by atoms with Crippen molar-refractivity contribution in [1.82, 2.24) is 4.90 Å². The van der Waals surface area contributed by atoms with Crippen molar-refractivity contribution in [2.75, 3.05) is 31.1 Å². The molecule has 0 unspecified atom stereocenters. The normalized spacial score (nSPS) is 18.1. The van der Waals surface area contributed by atoms with Crippen molar-refractivity contribution < 1.29 is 8.42 Å². The van der Waals surface area contributed by atoms with E-state index in [1.54, 1.807) is 0 Å². The van der Waals surface area contributed by atoms with Gasteiger partial charge in [-0.25, -0.2) is 8.42 Å². The summed E-state index contributed by atoms with van der Waals surface area (Å²) >= 11 is 0. The lowest BCUT2D eigenvalue weighted by atomic mass is 10.2. The predicted molar refractivity (Wildman–Crippen MR) is 71.8 cm³/mol. The van der Waals surface area contributed by atoms with Gasteiger partial charge < -0.3 is 5.73 Å². The van der Waals surface area contributed by atoms with Gasteiger partial charge in [-0.15, -0.1) is 0 Å². The molecule has 1 aliphatic rings. The van der Waals surface area contributed by atoms with E-state index in [2.05, 4.69) is 4.90 Å². The van der Waals surface area contributed by atoms with Crippen molar-refractivity contribution in [1.29, 1.82) is 0 Å². The molecule has 0 aliphatic heterocycles. The number of sulfone groups is 1. The highest BCUT2D eigenvalue weighted by atomic mass is 32.2. The molecule has 0 bridgehead atoms. The van der Waals surface area contributed by atoms with E-state index in [0.29, 0.717) is 31.3 Å². The minimum Gasteiger partial charge on any atom is -0.329 e. The van der Waals surface area contributed by atoms with Gasteiger partial charge in [-0.05, 0) is 19.3 Å². The van der Waals surface area contributed by atoms with Crippen LogP contribution >= 0.6 is 0 Å². The molecule has 5 heteroatoms. The summed E-state index contributed by atoms with van der Waals surface area (Å²) in [7, 11) is -2.86. The number of hydrogen-bond donors (Lipinski definition) is 1. The Morgan fingerprint density at radius 2 is 1.82 bits per heavy atom. The van der Waals surface area contributed by atoms with Gasteiger partial charge in [0, 0.05) is 31.4 Å². The Bertz CT molecular complexity index is 298. The van der Waals surface area contributed by atoms with E-state index in [0.717, 1.165) is 6.54 Å². The Hall–Kier alpha value is -0.130. The van der Waals surface area contributed by atoms with Crippen LogP contribution in [-0.2, 0) is 9.84 Å². The second-order valence-corrected chi connectivity index (χ2v) is 7.22. The summed E-state index contributed by atoms with van der Waals surface area (Å²) in [5.41, 5.74) is 5.60. The molecule has 1 rings (SSSR count). The second kappa shape index (κ2) is 7.34. The molecule has 102 valence electrons. The topological polar surface area (TPSA) is 63.4 Å². The summed E-state index contributed by atoms with van der Waals surface area (Å²) in [5.74, 6) is 0.603. The van der Waals surface area contributed by atoms with Crippen molar-refractivity contribution >= 4 is 9.84 Å². The third kappa shape index (κ3) is 5.36. The average molecular weight is 262 g/mol. The number of hydrogen-bond acceptors (Lipinski definition) is 4. The smallest absolute Gasteiger partial charge is 0.151 e. The number of nitrogens with two attached hydrogens (primary N) is 1. The van der Waals surface area contributed by atoms with Crippen LogP contribution in [-0.4, -0.2) is 50.5 Å². The Morgan fingerprint density at radius 1 is 1.18 bits per heavy atom. The maximum atomic E-state index is 11.7. The molecule has 0 radical (unpaired) electrons. The first-order valence-corrected chi connectivity index (χ1v) is 8.55. The number of nitrogens with zero attached hydrogens (tertiary/aromatic N) is 1. The highest BCUT2D eigenvalue weighted by Crippen LogP contribution is 2.23. The third-order valence-electron chi connectivity index (χ3n) is 3.46. The average Bonchev–Trinajstić information content (AvgIpc) is 2.77. The SMILES string of the molecule is CCCS(=O)(=O)CCN(CCN)C1CCCC1. The quantitative estimate of drug-likeness (QED) is 0.709. The van der Waals surface area contributed by atoms with Gasteiger partial charge in [0.15, 0.2) is 9.84 Å². The second-order valence-electron chi connectivity index (χ2n) is 4.91. The van der Waals surface area contributed by atoms with E-state index in [1.807, 2.05) is 6.92 Å². The molecule has 0 aromatic heterocycles. The fourth-order valence-corrected chi connectivity index (χ4v) is 3.92. The van der Waals surface area contributed by atoms with Crippen LogP contribution < -0.4 is 5.73 Å². The van der Waals surface area contributed by atoms with Crippen LogP contribution in [0.1, 0.15) is 39.0 Å². The highest BCUT2D eigenvalue weighted by molar-refractivity contribution is 7.91. The molecular formula is C12H26N2O2S.